The fourth-order valence-corrected chi connectivity index (χ4v) is 4.98. The van der Waals surface area contributed by atoms with Gasteiger partial charge in [0.1, 0.15) is 6.10 Å². The Kier molecular flexibility index (Phi) is 16.5. The van der Waals surface area contributed by atoms with Crippen molar-refractivity contribution in [1.82, 2.24) is 10.2 Å². The van der Waals surface area contributed by atoms with Crippen LogP contribution in [-0.4, -0.2) is 61.6 Å². The number of amides is 1. The minimum atomic E-state index is -0.550. The fourth-order valence-electron chi connectivity index (χ4n) is 4.98. The molecule has 1 heterocycles. The minimum absolute atomic E-state index is 0. The smallest absolute Gasteiger partial charge is 0.462 e. The molecule has 1 saturated heterocycles. The maximum Gasteiger partial charge on any atom is 1.00 e. The maximum absolute atomic E-state index is 12.6. The van der Waals surface area contributed by atoms with Gasteiger partial charge in [0.25, 0.3) is 0 Å². The Labute approximate surface area is 239 Å². The molecule has 0 aromatic heterocycles. The standard InChI is InChI=1S/C23H38N2O5.C6H4F.Li/c1-4-14-25(5-2)15-11-20-16-23(21(27)30-20)12-9-18(10-13-23)7-8-19(26)17-24-22(28)29-6-3;7-6-4-2-1-3-5-6;/h4,18,20H,2,5-17H2,1,3H3,(H,24,28);2-5H;/q-2;-1;+1/t18?,20-,23?;;/m0../s1. The quantitative estimate of drug-likeness (QED) is 0.256. The molecule has 38 heavy (non-hydrogen) atoms. The molecule has 2 fully saturated rings. The van der Waals surface area contributed by atoms with Crippen molar-refractivity contribution >= 4 is 17.8 Å². The summed E-state index contributed by atoms with van der Waals surface area (Å²) < 4.78 is 22.4. The Balaban J connectivity index is 0.000000779. The van der Waals surface area contributed by atoms with E-state index in [1.165, 1.54) is 24.3 Å². The van der Waals surface area contributed by atoms with Crippen LogP contribution in [0.15, 0.2) is 24.3 Å². The molecule has 0 radical (unpaired) electrons. The Morgan fingerprint density at radius 3 is 2.53 bits per heavy atom. The molecule has 208 valence electrons. The molecule has 1 aromatic carbocycles. The zero-order valence-electron chi connectivity index (χ0n) is 23.3. The first kappa shape index (κ1) is 34.1. The van der Waals surface area contributed by atoms with Crippen molar-refractivity contribution in [3.05, 3.63) is 49.5 Å². The van der Waals surface area contributed by atoms with Crippen LogP contribution in [0.2, 0.25) is 0 Å². The molecule has 1 aromatic rings. The van der Waals surface area contributed by atoms with Gasteiger partial charge in [-0.3, -0.25) is 9.59 Å². The van der Waals surface area contributed by atoms with E-state index in [1.807, 2.05) is 6.92 Å². The van der Waals surface area contributed by atoms with Crippen LogP contribution in [0.1, 0.15) is 65.2 Å². The molecule has 1 aliphatic carbocycles. The normalized spacial score (nSPS) is 22.2. The van der Waals surface area contributed by atoms with Gasteiger partial charge in [-0.1, -0.05) is 0 Å². The molecule has 1 amide bonds. The largest absolute Gasteiger partial charge is 1.00 e. The van der Waals surface area contributed by atoms with Crippen LogP contribution < -0.4 is 24.2 Å². The van der Waals surface area contributed by atoms with Crippen LogP contribution in [-0.2, 0) is 19.1 Å². The number of Topliss-reactive ketones (excluding diaryl/α,β-unsaturated/α-hetero) is 1. The van der Waals surface area contributed by atoms with Crippen molar-refractivity contribution in [3.8, 4) is 0 Å². The van der Waals surface area contributed by atoms with E-state index in [-0.39, 0.29) is 54.5 Å². The zero-order valence-corrected chi connectivity index (χ0v) is 23.3. The summed E-state index contributed by atoms with van der Waals surface area (Å²) >= 11 is 0. The molecule has 0 bridgehead atoms. The number of carbonyl (C=O) groups is 3. The number of hydrogen-bond acceptors (Lipinski definition) is 6. The molecule has 1 saturated carbocycles. The van der Waals surface area contributed by atoms with Gasteiger partial charge in [-0.15, -0.1) is 25.2 Å². The molecular formula is C29H42FLiN2O5-2. The second kappa shape index (κ2) is 18.4. The van der Waals surface area contributed by atoms with Crippen LogP contribution in [0, 0.1) is 36.6 Å². The minimum Gasteiger partial charge on any atom is -0.462 e. The number of benzene rings is 1. The van der Waals surface area contributed by atoms with E-state index >= 15 is 0 Å². The Morgan fingerprint density at radius 2 is 1.97 bits per heavy atom. The number of esters is 1. The van der Waals surface area contributed by atoms with Crippen LogP contribution in [0.4, 0.5) is 9.18 Å². The monoisotopic (exact) mass is 524 g/mol. The van der Waals surface area contributed by atoms with Gasteiger partial charge in [0.2, 0.25) is 0 Å². The van der Waals surface area contributed by atoms with Crippen LogP contribution >= 0.6 is 0 Å². The molecule has 7 nitrogen and oxygen atoms in total. The summed E-state index contributed by atoms with van der Waals surface area (Å²) in [4.78, 5) is 38.1. The van der Waals surface area contributed by atoms with Crippen molar-refractivity contribution in [1.29, 1.82) is 0 Å². The van der Waals surface area contributed by atoms with Crippen molar-refractivity contribution < 1.29 is 47.1 Å². The number of nitrogens with one attached hydrogen (secondary N) is 1. The summed E-state index contributed by atoms with van der Waals surface area (Å²) in [7, 11) is 0. The van der Waals surface area contributed by atoms with E-state index in [4.69, 9.17) is 9.47 Å². The van der Waals surface area contributed by atoms with E-state index < -0.39 is 6.09 Å². The number of nitrogens with zero attached hydrogens (tertiary/aromatic N) is 1. The first-order chi connectivity index (χ1) is 17.8. The summed E-state index contributed by atoms with van der Waals surface area (Å²) in [5.74, 6) is 0.237. The maximum atomic E-state index is 12.6. The van der Waals surface area contributed by atoms with Crippen molar-refractivity contribution in [2.45, 2.75) is 71.3 Å². The number of halogens is 1. The Hall–Kier alpha value is -1.88. The van der Waals surface area contributed by atoms with Crippen molar-refractivity contribution in [2.24, 2.45) is 11.3 Å². The van der Waals surface area contributed by atoms with Gasteiger partial charge in [-0.25, -0.2) is 9.18 Å². The SMILES string of the molecule is Fc1cc[c-]cc1.[CH2-]CN(C[CH-]C)CC[C@H]1CC2(CCC(CCC(=O)CNC(=O)OCC)CC2)C(=O)O1.[Li+]. The fraction of sp³-hybridized carbons (Fsp3) is 0.621. The predicted molar refractivity (Wildman–Crippen MR) is 140 cm³/mol. The predicted octanol–water partition coefficient (Wildman–Crippen LogP) is 1.95. The molecular weight excluding hydrogens is 482 g/mol. The van der Waals surface area contributed by atoms with Gasteiger partial charge in [0.05, 0.1) is 18.6 Å². The van der Waals surface area contributed by atoms with Gasteiger partial charge >= 0.3 is 30.9 Å². The molecule has 0 unspecified atom stereocenters. The average Bonchev–Trinajstić information content (AvgIpc) is 3.20. The van der Waals surface area contributed by atoms with E-state index in [9.17, 15) is 18.8 Å². The molecule has 1 spiro atoms. The van der Waals surface area contributed by atoms with Crippen LogP contribution in [0.25, 0.3) is 0 Å². The summed E-state index contributed by atoms with van der Waals surface area (Å²) in [6.07, 6.45) is 8.13. The second-order valence-corrected chi connectivity index (χ2v) is 9.82. The van der Waals surface area contributed by atoms with E-state index in [0.29, 0.717) is 18.9 Å². The summed E-state index contributed by atoms with van der Waals surface area (Å²) in [5, 5.41) is 2.47. The third-order valence-corrected chi connectivity index (χ3v) is 7.13. The molecule has 3 rings (SSSR count). The Morgan fingerprint density at radius 1 is 1.29 bits per heavy atom. The van der Waals surface area contributed by atoms with Gasteiger partial charge in [-0.2, -0.15) is 25.1 Å². The zero-order chi connectivity index (χ0) is 27.1. The first-order valence-electron chi connectivity index (χ1n) is 13.4. The third kappa shape index (κ3) is 11.9. The number of carbonyl (C=O) groups excluding carboxylic acids is 3. The van der Waals surface area contributed by atoms with E-state index in [1.54, 1.807) is 6.92 Å². The topological polar surface area (TPSA) is 84.9 Å². The summed E-state index contributed by atoms with van der Waals surface area (Å²) in [6.45, 7) is 10.6. The van der Waals surface area contributed by atoms with Crippen LogP contribution in [0.3, 0.4) is 0 Å². The number of alkyl carbamates (subject to hydrolysis) is 1. The molecule has 1 aliphatic heterocycles. The first-order valence-corrected chi connectivity index (χ1v) is 13.4. The number of cyclic esters (lactones) is 1. The van der Waals surface area contributed by atoms with Gasteiger partial charge in [0, 0.05) is 18.7 Å². The van der Waals surface area contributed by atoms with Crippen molar-refractivity contribution in [3.63, 3.8) is 0 Å². The van der Waals surface area contributed by atoms with Gasteiger partial charge < -0.3 is 33.0 Å². The van der Waals surface area contributed by atoms with Gasteiger partial charge in [0.15, 0.2) is 5.78 Å². The van der Waals surface area contributed by atoms with Gasteiger partial charge in [-0.05, 0) is 57.9 Å². The molecule has 2 aliphatic rings. The average molecular weight is 525 g/mol. The summed E-state index contributed by atoms with van der Waals surface area (Å²) in [6, 6.07) is 8.49. The number of ketones is 1. The van der Waals surface area contributed by atoms with E-state index in [2.05, 4.69) is 29.6 Å². The molecule has 1 N–H and O–H groups in total. The third-order valence-electron chi connectivity index (χ3n) is 7.13. The van der Waals surface area contributed by atoms with Crippen LogP contribution in [0.5, 0.6) is 0 Å². The second-order valence-electron chi connectivity index (χ2n) is 9.82. The number of rotatable bonds is 12. The Bertz CT molecular complexity index is 834. The number of ether oxygens (including phenoxy) is 2. The number of hydrogen-bond donors (Lipinski definition) is 1. The molecule has 9 heteroatoms. The van der Waals surface area contributed by atoms with E-state index in [0.717, 1.165) is 64.6 Å². The summed E-state index contributed by atoms with van der Waals surface area (Å²) in [5.41, 5.74) is -0.317. The van der Waals surface area contributed by atoms with Crippen molar-refractivity contribution in [2.75, 3.05) is 32.8 Å². The molecule has 1 atom stereocenters.